The summed E-state index contributed by atoms with van der Waals surface area (Å²) in [5, 5.41) is 14.4. The Morgan fingerprint density at radius 2 is 1.80 bits per heavy atom. The summed E-state index contributed by atoms with van der Waals surface area (Å²) in [6.07, 6.45) is -0.343. The zero-order chi connectivity index (χ0) is 18.1. The van der Waals surface area contributed by atoms with Crippen molar-refractivity contribution in [2.45, 2.75) is 19.6 Å². The van der Waals surface area contributed by atoms with Crippen molar-refractivity contribution in [3.8, 4) is 0 Å². The number of aryl methyl sites for hydroxylation is 1. The average molecular weight is 346 g/mol. The van der Waals surface area contributed by atoms with E-state index in [0.717, 1.165) is 16.7 Å². The molecule has 0 aliphatic carbocycles. The van der Waals surface area contributed by atoms with Crippen LogP contribution in [0.25, 0.3) is 0 Å². The maximum absolute atomic E-state index is 12.9. The van der Waals surface area contributed by atoms with Gasteiger partial charge in [-0.25, -0.2) is 9.18 Å². The Morgan fingerprint density at radius 1 is 1.12 bits per heavy atom. The van der Waals surface area contributed by atoms with Gasteiger partial charge in [0.1, 0.15) is 5.82 Å². The van der Waals surface area contributed by atoms with Crippen LogP contribution in [0, 0.1) is 12.7 Å². The first-order valence-electron chi connectivity index (χ1n) is 8.13. The topological polar surface area (TPSA) is 70.6 Å². The number of nitrogens with one attached hydrogen (secondary N) is 2. The van der Waals surface area contributed by atoms with Gasteiger partial charge in [0.05, 0.1) is 19.3 Å². The lowest BCUT2D eigenvalue weighted by atomic mass is 10.1. The van der Waals surface area contributed by atoms with Gasteiger partial charge in [-0.3, -0.25) is 0 Å². The van der Waals surface area contributed by atoms with Crippen LogP contribution in [0.2, 0.25) is 0 Å². The minimum absolute atomic E-state index is 0.0842. The second-order valence-electron chi connectivity index (χ2n) is 5.68. The van der Waals surface area contributed by atoms with Crippen LogP contribution in [0.3, 0.4) is 0 Å². The Hall–Kier alpha value is -2.44. The summed E-state index contributed by atoms with van der Waals surface area (Å²) < 4.78 is 18.5. The van der Waals surface area contributed by atoms with Crippen LogP contribution in [0.15, 0.2) is 48.5 Å². The van der Waals surface area contributed by atoms with Crippen LogP contribution >= 0.6 is 0 Å². The van der Waals surface area contributed by atoms with Crippen LogP contribution in [-0.2, 0) is 11.3 Å². The summed E-state index contributed by atoms with van der Waals surface area (Å²) in [5.74, 6) is -0.310. The second-order valence-corrected chi connectivity index (χ2v) is 5.68. The highest BCUT2D eigenvalue weighted by Gasteiger charge is 2.13. The Kier molecular flexibility index (Phi) is 7.37. The van der Waals surface area contributed by atoms with Crippen molar-refractivity contribution in [2.75, 3.05) is 19.8 Å². The quantitative estimate of drug-likeness (QED) is 0.688. The number of amides is 2. The van der Waals surface area contributed by atoms with Gasteiger partial charge in [-0.2, -0.15) is 0 Å². The van der Waals surface area contributed by atoms with Gasteiger partial charge in [-0.1, -0.05) is 42.0 Å². The predicted octanol–water partition coefficient (Wildman–Crippen LogP) is 2.68. The number of aliphatic hydroxyl groups excluding tert-OH is 1. The molecule has 2 rings (SSSR count). The summed E-state index contributed by atoms with van der Waals surface area (Å²) in [6, 6.07) is 13.4. The molecule has 1 atom stereocenters. The third-order valence-electron chi connectivity index (χ3n) is 3.67. The molecule has 0 saturated heterocycles. The number of halogens is 1. The van der Waals surface area contributed by atoms with Gasteiger partial charge in [0.25, 0.3) is 0 Å². The number of hydrogen-bond acceptors (Lipinski definition) is 3. The fraction of sp³-hybridized carbons (Fsp3) is 0.316. The molecule has 6 heteroatoms. The molecule has 0 spiro atoms. The number of aliphatic hydroxyl groups is 1. The largest absolute Gasteiger partial charge is 0.394 e. The molecule has 5 nitrogen and oxygen atoms in total. The smallest absolute Gasteiger partial charge is 0.315 e. The number of benzene rings is 2. The van der Waals surface area contributed by atoms with E-state index in [2.05, 4.69) is 10.6 Å². The highest BCUT2D eigenvalue weighted by atomic mass is 19.1. The predicted molar refractivity (Wildman–Crippen MR) is 93.6 cm³/mol. The Balaban J connectivity index is 1.84. The number of ether oxygens (including phenoxy) is 1. The Labute approximate surface area is 146 Å². The summed E-state index contributed by atoms with van der Waals surface area (Å²) >= 11 is 0. The molecule has 0 aliphatic heterocycles. The van der Waals surface area contributed by atoms with Crippen molar-refractivity contribution in [2.24, 2.45) is 0 Å². The molecule has 0 radical (unpaired) electrons. The van der Waals surface area contributed by atoms with Crippen molar-refractivity contribution >= 4 is 6.03 Å². The van der Waals surface area contributed by atoms with Crippen LogP contribution in [0.4, 0.5) is 9.18 Å². The number of urea groups is 1. The molecule has 0 heterocycles. The van der Waals surface area contributed by atoms with E-state index in [9.17, 15) is 9.18 Å². The highest BCUT2D eigenvalue weighted by Crippen LogP contribution is 2.17. The lowest BCUT2D eigenvalue weighted by Crippen LogP contribution is -2.38. The maximum Gasteiger partial charge on any atom is 0.315 e. The monoisotopic (exact) mass is 346 g/mol. The zero-order valence-electron chi connectivity index (χ0n) is 14.2. The van der Waals surface area contributed by atoms with Crippen molar-refractivity contribution in [3.63, 3.8) is 0 Å². The van der Waals surface area contributed by atoms with E-state index in [1.807, 2.05) is 31.2 Å². The zero-order valence-corrected chi connectivity index (χ0v) is 14.2. The van der Waals surface area contributed by atoms with Gasteiger partial charge in [0.2, 0.25) is 0 Å². The van der Waals surface area contributed by atoms with Gasteiger partial charge in [0, 0.05) is 13.1 Å². The molecule has 0 bridgehead atoms. The van der Waals surface area contributed by atoms with Gasteiger partial charge >= 0.3 is 6.03 Å². The Bertz CT molecular complexity index is 659. The van der Waals surface area contributed by atoms with Crippen LogP contribution in [0.5, 0.6) is 0 Å². The molecule has 3 N–H and O–H groups in total. The molecule has 0 saturated carbocycles. The standard InChI is InChI=1S/C19H23FN2O3/c1-14-2-6-16(7-3-14)18(25-11-10-23)13-22-19(24)21-12-15-4-8-17(20)9-5-15/h2-9,18,23H,10-13H2,1H3,(H2,21,22,24)/t18-/m0/s1. The first-order chi connectivity index (χ1) is 12.1. The first-order valence-corrected chi connectivity index (χ1v) is 8.13. The van der Waals surface area contributed by atoms with Crippen LogP contribution in [-0.4, -0.2) is 30.9 Å². The highest BCUT2D eigenvalue weighted by molar-refractivity contribution is 5.73. The van der Waals surface area contributed by atoms with Crippen LogP contribution in [0.1, 0.15) is 22.8 Å². The average Bonchev–Trinajstić information content (AvgIpc) is 2.62. The number of hydrogen-bond donors (Lipinski definition) is 3. The lowest BCUT2D eigenvalue weighted by Gasteiger charge is -2.19. The van der Waals surface area contributed by atoms with Crippen molar-refractivity contribution in [3.05, 3.63) is 71.0 Å². The van der Waals surface area contributed by atoms with E-state index in [0.29, 0.717) is 6.54 Å². The molecule has 0 unspecified atom stereocenters. The normalized spacial score (nSPS) is 11.8. The molecule has 25 heavy (non-hydrogen) atoms. The molecule has 0 fully saturated rings. The fourth-order valence-corrected chi connectivity index (χ4v) is 2.28. The third kappa shape index (κ3) is 6.52. The molecule has 2 aromatic rings. The van der Waals surface area contributed by atoms with E-state index in [4.69, 9.17) is 9.84 Å². The summed E-state index contributed by atoms with van der Waals surface area (Å²) in [6.45, 7) is 2.68. The van der Waals surface area contributed by atoms with Crippen molar-refractivity contribution in [1.82, 2.24) is 10.6 Å². The summed E-state index contributed by atoms with van der Waals surface area (Å²) in [4.78, 5) is 11.9. The first kappa shape index (κ1) is 18.9. The summed E-state index contributed by atoms with van der Waals surface area (Å²) in [5.41, 5.74) is 2.87. The third-order valence-corrected chi connectivity index (χ3v) is 3.67. The fourth-order valence-electron chi connectivity index (χ4n) is 2.28. The van der Waals surface area contributed by atoms with E-state index in [-0.39, 0.29) is 37.7 Å². The van der Waals surface area contributed by atoms with Crippen LogP contribution < -0.4 is 10.6 Å². The summed E-state index contributed by atoms with van der Waals surface area (Å²) in [7, 11) is 0. The second kappa shape index (κ2) is 9.76. The molecular formula is C19H23FN2O3. The molecule has 0 aliphatic rings. The van der Waals surface area contributed by atoms with E-state index in [1.165, 1.54) is 12.1 Å². The molecule has 2 amide bonds. The lowest BCUT2D eigenvalue weighted by molar-refractivity contribution is 0.0294. The number of rotatable bonds is 8. The molecule has 2 aromatic carbocycles. The van der Waals surface area contributed by atoms with Crippen molar-refractivity contribution in [1.29, 1.82) is 0 Å². The van der Waals surface area contributed by atoms with Gasteiger partial charge in [-0.15, -0.1) is 0 Å². The van der Waals surface area contributed by atoms with E-state index >= 15 is 0 Å². The van der Waals surface area contributed by atoms with Gasteiger partial charge in [-0.05, 0) is 30.2 Å². The maximum atomic E-state index is 12.9. The van der Waals surface area contributed by atoms with E-state index in [1.54, 1.807) is 12.1 Å². The van der Waals surface area contributed by atoms with Crippen molar-refractivity contribution < 1.29 is 19.0 Å². The molecule has 0 aromatic heterocycles. The number of carbonyl (C=O) groups excluding carboxylic acids is 1. The minimum Gasteiger partial charge on any atom is -0.394 e. The SMILES string of the molecule is Cc1ccc([C@H](CNC(=O)NCc2ccc(F)cc2)OCCO)cc1. The van der Waals surface area contributed by atoms with E-state index < -0.39 is 0 Å². The minimum atomic E-state index is -0.343. The van der Waals surface area contributed by atoms with Gasteiger partial charge in [0.15, 0.2) is 0 Å². The number of carbonyl (C=O) groups is 1. The molecule has 134 valence electrons. The molecular weight excluding hydrogens is 323 g/mol. The van der Waals surface area contributed by atoms with Gasteiger partial charge < -0.3 is 20.5 Å². The Morgan fingerprint density at radius 3 is 2.44 bits per heavy atom.